The fourth-order valence-corrected chi connectivity index (χ4v) is 1.39. The molecule has 3 nitrogen and oxygen atoms in total. The largest absolute Gasteiger partial charge is 0.459 e. The lowest BCUT2D eigenvalue weighted by atomic mass is 10.2. The summed E-state index contributed by atoms with van der Waals surface area (Å²) in [5.41, 5.74) is 0.579. The highest BCUT2D eigenvalue weighted by atomic mass is 19.1. The number of carbonyl (C=O) groups is 1. The van der Waals surface area contributed by atoms with Gasteiger partial charge in [-0.15, -0.1) is 0 Å². The molecule has 0 saturated heterocycles. The summed E-state index contributed by atoms with van der Waals surface area (Å²) in [5, 5.41) is 2.75. The number of aryl methyl sites for hydroxylation is 1. The summed E-state index contributed by atoms with van der Waals surface area (Å²) in [6.07, 6.45) is 0. The standard InChI is InChI=1S/C13H18FNO2/c1-9-6-5-7-10(14)12(9)15-8-11(16)17-13(2,3)4/h5-7,15H,8H2,1-4H3. The highest BCUT2D eigenvalue weighted by Gasteiger charge is 2.16. The summed E-state index contributed by atoms with van der Waals surface area (Å²) in [4.78, 5) is 11.4. The van der Waals surface area contributed by atoms with Gasteiger partial charge in [-0.2, -0.15) is 0 Å². The average molecular weight is 239 g/mol. The number of hydrogen-bond donors (Lipinski definition) is 1. The van der Waals surface area contributed by atoms with E-state index in [9.17, 15) is 9.18 Å². The lowest BCUT2D eigenvalue weighted by Crippen LogP contribution is -2.28. The first-order valence-electron chi connectivity index (χ1n) is 5.50. The summed E-state index contributed by atoms with van der Waals surface area (Å²) in [5.74, 6) is -0.770. The Morgan fingerprint density at radius 1 is 1.41 bits per heavy atom. The quantitative estimate of drug-likeness (QED) is 0.824. The maximum Gasteiger partial charge on any atom is 0.325 e. The number of carbonyl (C=O) groups excluding carboxylic acids is 1. The van der Waals surface area contributed by atoms with Gasteiger partial charge in [-0.3, -0.25) is 4.79 Å². The molecule has 0 bridgehead atoms. The van der Waals surface area contributed by atoms with Crippen LogP contribution in [0.3, 0.4) is 0 Å². The van der Waals surface area contributed by atoms with Gasteiger partial charge in [0.25, 0.3) is 0 Å². The van der Waals surface area contributed by atoms with E-state index in [1.165, 1.54) is 6.07 Å². The van der Waals surface area contributed by atoms with Crippen LogP contribution in [0, 0.1) is 12.7 Å². The fraction of sp³-hybridized carbons (Fsp3) is 0.462. The Morgan fingerprint density at radius 3 is 2.59 bits per heavy atom. The molecule has 0 radical (unpaired) electrons. The minimum Gasteiger partial charge on any atom is -0.459 e. The monoisotopic (exact) mass is 239 g/mol. The number of para-hydroxylation sites is 1. The SMILES string of the molecule is Cc1cccc(F)c1NCC(=O)OC(C)(C)C. The van der Waals surface area contributed by atoms with Gasteiger partial charge in [0, 0.05) is 0 Å². The molecular formula is C13H18FNO2. The predicted octanol–water partition coefficient (Wildman–Crippen LogP) is 2.89. The Hall–Kier alpha value is -1.58. The van der Waals surface area contributed by atoms with Crippen LogP contribution >= 0.6 is 0 Å². The molecule has 1 aromatic rings. The first-order chi connectivity index (χ1) is 7.79. The first kappa shape index (κ1) is 13.5. The van der Waals surface area contributed by atoms with E-state index < -0.39 is 11.6 Å². The second-order valence-corrected chi connectivity index (χ2v) is 4.87. The summed E-state index contributed by atoms with van der Waals surface area (Å²) in [6, 6.07) is 4.76. The van der Waals surface area contributed by atoms with Crippen LogP contribution in [-0.4, -0.2) is 18.1 Å². The number of esters is 1. The van der Waals surface area contributed by atoms with Crippen LogP contribution in [0.25, 0.3) is 0 Å². The van der Waals surface area contributed by atoms with Gasteiger partial charge >= 0.3 is 5.97 Å². The maximum atomic E-state index is 13.4. The first-order valence-corrected chi connectivity index (χ1v) is 5.50. The molecule has 94 valence electrons. The number of anilines is 1. The van der Waals surface area contributed by atoms with Crippen LogP contribution in [0.1, 0.15) is 26.3 Å². The van der Waals surface area contributed by atoms with Crippen LogP contribution in [0.15, 0.2) is 18.2 Å². The van der Waals surface area contributed by atoms with Crippen molar-refractivity contribution in [1.82, 2.24) is 0 Å². The second-order valence-electron chi connectivity index (χ2n) is 4.87. The minimum atomic E-state index is -0.525. The molecule has 0 saturated carbocycles. The molecule has 4 heteroatoms. The summed E-state index contributed by atoms with van der Waals surface area (Å²) in [6.45, 7) is 7.11. The Balaban J connectivity index is 2.59. The van der Waals surface area contributed by atoms with Crippen LogP contribution in [-0.2, 0) is 9.53 Å². The Kier molecular flexibility index (Phi) is 4.10. The number of ether oxygens (including phenoxy) is 1. The molecule has 0 heterocycles. The van der Waals surface area contributed by atoms with Gasteiger partial charge in [0.15, 0.2) is 0 Å². The molecule has 0 atom stereocenters. The number of nitrogens with one attached hydrogen (secondary N) is 1. The summed E-state index contributed by atoms with van der Waals surface area (Å²) in [7, 11) is 0. The third-order valence-corrected chi connectivity index (χ3v) is 2.05. The molecule has 1 aromatic carbocycles. The van der Waals surface area contributed by atoms with E-state index in [2.05, 4.69) is 5.32 Å². The molecular weight excluding hydrogens is 221 g/mol. The van der Waals surface area contributed by atoms with Crippen molar-refractivity contribution in [3.05, 3.63) is 29.6 Å². The van der Waals surface area contributed by atoms with E-state index in [0.717, 1.165) is 5.56 Å². The van der Waals surface area contributed by atoms with Crippen molar-refractivity contribution in [2.45, 2.75) is 33.3 Å². The maximum absolute atomic E-state index is 13.4. The summed E-state index contributed by atoms with van der Waals surface area (Å²) < 4.78 is 18.5. The van der Waals surface area contributed by atoms with Crippen molar-refractivity contribution < 1.29 is 13.9 Å². The zero-order valence-corrected chi connectivity index (χ0v) is 10.6. The Bertz CT molecular complexity index is 390. The molecule has 0 amide bonds. The normalized spacial score (nSPS) is 11.1. The van der Waals surface area contributed by atoms with Crippen molar-refractivity contribution in [2.24, 2.45) is 0 Å². The van der Waals surface area contributed by atoms with Gasteiger partial charge in [-0.1, -0.05) is 12.1 Å². The average Bonchev–Trinajstić information content (AvgIpc) is 2.14. The zero-order valence-electron chi connectivity index (χ0n) is 10.6. The van der Waals surface area contributed by atoms with Crippen molar-refractivity contribution >= 4 is 11.7 Å². The van der Waals surface area contributed by atoms with Gasteiger partial charge in [-0.05, 0) is 39.3 Å². The third kappa shape index (κ3) is 4.43. The number of hydrogen-bond acceptors (Lipinski definition) is 3. The molecule has 0 fully saturated rings. The minimum absolute atomic E-state index is 0.0426. The lowest BCUT2D eigenvalue weighted by molar-refractivity contribution is -0.152. The molecule has 0 aliphatic heterocycles. The van der Waals surface area contributed by atoms with Crippen LogP contribution < -0.4 is 5.32 Å². The summed E-state index contributed by atoms with van der Waals surface area (Å²) >= 11 is 0. The van der Waals surface area contributed by atoms with Crippen molar-refractivity contribution in [1.29, 1.82) is 0 Å². The van der Waals surface area contributed by atoms with E-state index >= 15 is 0 Å². The van der Waals surface area contributed by atoms with E-state index in [1.807, 2.05) is 0 Å². The van der Waals surface area contributed by atoms with Gasteiger partial charge in [0.05, 0.1) is 5.69 Å². The number of halogens is 1. The van der Waals surface area contributed by atoms with Gasteiger partial charge in [-0.25, -0.2) is 4.39 Å². The molecule has 0 aliphatic carbocycles. The zero-order chi connectivity index (χ0) is 13.1. The topological polar surface area (TPSA) is 38.3 Å². The van der Waals surface area contributed by atoms with Gasteiger partial charge in [0.1, 0.15) is 18.0 Å². The lowest BCUT2D eigenvalue weighted by Gasteiger charge is -2.20. The predicted molar refractivity (Wildman–Crippen MR) is 65.5 cm³/mol. The van der Waals surface area contributed by atoms with Crippen LogP contribution in [0.5, 0.6) is 0 Å². The Labute approximate surface area is 101 Å². The van der Waals surface area contributed by atoms with Crippen molar-refractivity contribution in [2.75, 3.05) is 11.9 Å². The van der Waals surface area contributed by atoms with E-state index in [4.69, 9.17) is 4.74 Å². The molecule has 0 spiro atoms. The fourth-order valence-electron chi connectivity index (χ4n) is 1.39. The van der Waals surface area contributed by atoms with Crippen LogP contribution in [0.2, 0.25) is 0 Å². The van der Waals surface area contributed by atoms with Gasteiger partial charge in [0.2, 0.25) is 0 Å². The second kappa shape index (κ2) is 5.17. The molecule has 0 aromatic heterocycles. The molecule has 0 aliphatic rings. The van der Waals surface area contributed by atoms with Crippen LogP contribution in [0.4, 0.5) is 10.1 Å². The molecule has 17 heavy (non-hydrogen) atoms. The van der Waals surface area contributed by atoms with Crippen molar-refractivity contribution in [3.63, 3.8) is 0 Å². The molecule has 0 unspecified atom stereocenters. The van der Waals surface area contributed by atoms with E-state index in [1.54, 1.807) is 39.8 Å². The highest BCUT2D eigenvalue weighted by Crippen LogP contribution is 2.18. The Morgan fingerprint density at radius 2 is 2.06 bits per heavy atom. The molecule has 1 rings (SSSR count). The number of rotatable bonds is 3. The van der Waals surface area contributed by atoms with Gasteiger partial charge < -0.3 is 10.1 Å². The highest BCUT2D eigenvalue weighted by molar-refractivity contribution is 5.75. The number of benzene rings is 1. The van der Waals surface area contributed by atoms with E-state index in [0.29, 0.717) is 5.69 Å². The molecule has 1 N–H and O–H groups in total. The third-order valence-electron chi connectivity index (χ3n) is 2.05. The van der Waals surface area contributed by atoms with Crippen molar-refractivity contribution in [3.8, 4) is 0 Å². The smallest absolute Gasteiger partial charge is 0.325 e. The van der Waals surface area contributed by atoms with E-state index in [-0.39, 0.29) is 12.4 Å².